The SMILES string of the molecule is COc1ccc(-c2noc(CN(C(=O)Cc3ccc([N+](=O)[O-])cc3)C3CCCCC3)n2)cc1OC. The lowest BCUT2D eigenvalue weighted by Gasteiger charge is -2.33. The number of nitro benzene ring substituents is 1. The number of ether oxygens (including phenoxy) is 2. The van der Waals surface area contributed by atoms with Crippen molar-refractivity contribution in [3.63, 3.8) is 0 Å². The molecule has 0 spiro atoms. The molecule has 4 rings (SSSR count). The molecule has 0 radical (unpaired) electrons. The minimum Gasteiger partial charge on any atom is -0.493 e. The maximum atomic E-state index is 13.3. The predicted molar refractivity (Wildman–Crippen MR) is 127 cm³/mol. The van der Waals surface area contributed by atoms with Gasteiger partial charge in [-0.3, -0.25) is 14.9 Å². The van der Waals surface area contributed by atoms with Crippen LogP contribution in [0.1, 0.15) is 43.6 Å². The van der Waals surface area contributed by atoms with Crippen LogP contribution >= 0.6 is 0 Å². The van der Waals surface area contributed by atoms with Crippen LogP contribution in [0.3, 0.4) is 0 Å². The van der Waals surface area contributed by atoms with Gasteiger partial charge in [-0.2, -0.15) is 4.98 Å². The zero-order chi connectivity index (χ0) is 24.8. The Bertz CT molecular complexity index is 1170. The Hall–Kier alpha value is -3.95. The molecule has 0 atom stereocenters. The number of nitro groups is 1. The monoisotopic (exact) mass is 480 g/mol. The van der Waals surface area contributed by atoms with E-state index in [1.54, 1.807) is 38.5 Å². The van der Waals surface area contributed by atoms with E-state index >= 15 is 0 Å². The number of nitrogens with zero attached hydrogens (tertiary/aromatic N) is 4. The summed E-state index contributed by atoms with van der Waals surface area (Å²) in [6.45, 7) is 0.205. The first-order chi connectivity index (χ1) is 17.0. The second kappa shape index (κ2) is 11.0. The molecular formula is C25H28N4O6. The van der Waals surface area contributed by atoms with Gasteiger partial charge in [0, 0.05) is 23.7 Å². The molecule has 10 heteroatoms. The summed E-state index contributed by atoms with van der Waals surface area (Å²) in [5.74, 6) is 1.82. The van der Waals surface area contributed by atoms with Crippen molar-refractivity contribution in [3.8, 4) is 22.9 Å². The molecule has 1 aromatic heterocycles. The number of aromatic nitrogens is 2. The summed E-state index contributed by atoms with van der Waals surface area (Å²) in [7, 11) is 3.12. The summed E-state index contributed by atoms with van der Waals surface area (Å²) in [5.41, 5.74) is 1.43. The fraction of sp³-hybridized carbons (Fsp3) is 0.400. The van der Waals surface area contributed by atoms with Crippen LogP contribution in [0.2, 0.25) is 0 Å². The van der Waals surface area contributed by atoms with Crippen molar-refractivity contribution in [1.29, 1.82) is 0 Å². The van der Waals surface area contributed by atoms with E-state index in [-0.39, 0.29) is 30.6 Å². The van der Waals surface area contributed by atoms with Crippen molar-refractivity contribution in [1.82, 2.24) is 15.0 Å². The van der Waals surface area contributed by atoms with Crippen LogP contribution in [0.5, 0.6) is 11.5 Å². The Morgan fingerprint density at radius 1 is 1.09 bits per heavy atom. The standard InChI is InChI=1S/C25H28N4O6/c1-33-21-13-10-18(15-22(21)34-2)25-26-23(35-27-25)16-28(19-6-4-3-5-7-19)24(30)14-17-8-11-20(12-9-17)29(31)32/h8-13,15,19H,3-7,14,16H2,1-2H3. The van der Waals surface area contributed by atoms with Gasteiger partial charge in [0.2, 0.25) is 17.6 Å². The number of hydrogen-bond donors (Lipinski definition) is 0. The average Bonchev–Trinajstić information content (AvgIpc) is 3.36. The van der Waals surface area contributed by atoms with E-state index in [2.05, 4.69) is 10.1 Å². The summed E-state index contributed by atoms with van der Waals surface area (Å²) in [5, 5.41) is 15.0. The van der Waals surface area contributed by atoms with Crippen LogP contribution in [-0.2, 0) is 17.8 Å². The van der Waals surface area contributed by atoms with Crippen LogP contribution in [0.25, 0.3) is 11.4 Å². The summed E-state index contributed by atoms with van der Waals surface area (Å²) < 4.78 is 16.1. The van der Waals surface area contributed by atoms with Crippen LogP contribution in [0, 0.1) is 10.1 Å². The predicted octanol–water partition coefficient (Wildman–Crippen LogP) is 4.57. The number of carbonyl (C=O) groups excluding carboxylic acids is 1. The third-order valence-electron chi connectivity index (χ3n) is 6.25. The maximum absolute atomic E-state index is 13.3. The van der Waals surface area contributed by atoms with E-state index in [1.165, 1.54) is 12.1 Å². The molecule has 35 heavy (non-hydrogen) atoms. The van der Waals surface area contributed by atoms with Crippen molar-refractivity contribution in [2.45, 2.75) is 51.1 Å². The molecule has 1 saturated carbocycles. The van der Waals surface area contributed by atoms with Crippen molar-refractivity contribution >= 4 is 11.6 Å². The average molecular weight is 481 g/mol. The van der Waals surface area contributed by atoms with Crippen LogP contribution in [0.15, 0.2) is 47.0 Å². The van der Waals surface area contributed by atoms with Crippen molar-refractivity contribution in [2.75, 3.05) is 14.2 Å². The molecule has 3 aromatic rings. The fourth-order valence-electron chi connectivity index (χ4n) is 4.38. The highest BCUT2D eigenvalue weighted by molar-refractivity contribution is 5.79. The first-order valence-electron chi connectivity index (χ1n) is 11.6. The Labute approximate surface area is 203 Å². The molecule has 1 amide bonds. The van der Waals surface area contributed by atoms with Gasteiger partial charge in [-0.15, -0.1) is 0 Å². The van der Waals surface area contributed by atoms with Gasteiger partial charge in [-0.05, 0) is 36.6 Å². The van der Waals surface area contributed by atoms with E-state index in [1.807, 2.05) is 11.0 Å². The van der Waals surface area contributed by atoms with Gasteiger partial charge in [0.1, 0.15) is 6.54 Å². The van der Waals surface area contributed by atoms with Gasteiger partial charge in [0.05, 0.1) is 25.6 Å². The van der Waals surface area contributed by atoms with E-state index in [0.29, 0.717) is 28.8 Å². The minimum atomic E-state index is -0.453. The highest BCUT2D eigenvalue weighted by atomic mass is 16.6. The van der Waals surface area contributed by atoms with Crippen molar-refractivity contribution < 1.29 is 23.7 Å². The number of methoxy groups -OCH3 is 2. The molecule has 1 fully saturated rings. The Morgan fingerprint density at radius 2 is 1.80 bits per heavy atom. The molecule has 1 heterocycles. The number of rotatable bonds is 9. The molecule has 0 aliphatic heterocycles. The molecule has 0 saturated heterocycles. The maximum Gasteiger partial charge on any atom is 0.269 e. The highest BCUT2D eigenvalue weighted by Gasteiger charge is 2.28. The number of hydrogen-bond acceptors (Lipinski definition) is 8. The molecule has 10 nitrogen and oxygen atoms in total. The third kappa shape index (κ3) is 5.76. The summed E-state index contributed by atoms with van der Waals surface area (Å²) in [4.78, 5) is 30.1. The minimum absolute atomic E-state index is 0.00103. The van der Waals surface area contributed by atoms with Gasteiger partial charge in [0.25, 0.3) is 5.69 Å². The van der Waals surface area contributed by atoms with Crippen LogP contribution in [0.4, 0.5) is 5.69 Å². The molecule has 1 aliphatic carbocycles. The van der Waals surface area contributed by atoms with E-state index in [4.69, 9.17) is 14.0 Å². The lowest BCUT2D eigenvalue weighted by atomic mass is 9.93. The van der Waals surface area contributed by atoms with Crippen molar-refractivity contribution in [2.24, 2.45) is 0 Å². The van der Waals surface area contributed by atoms with Gasteiger partial charge in [-0.1, -0.05) is 36.6 Å². The Kier molecular flexibility index (Phi) is 7.59. The van der Waals surface area contributed by atoms with Gasteiger partial charge in [0.15, 0.2) is 11.5 Å². The van der Waals surface area contributed by atoms with Crippen LogP contribution in [-0.4, -0.2) is 46.1 Å². The molecule has 0 unspecified atom stereocenters. The number of amides is 1. The lowest BCUT2D eigenvalue weighted by molar-refractivity contribution is -0.384. The van der Waals surface area contributed by atoms with Gasteiger partial charge >= 0.3 is 0 Å². The molecule has 1 aliphatic rings. The second-order valence-corrected chi connectivity index (χ2v) is 8.50. The fourth-order valence-corrected chi connectivity index (χ4v) is 4.38. The third-order valence-corrected chi connectivity index (χ3v) is 6.25. The largest absolute Gasteiger partial charge is 0.493 e. The zero-order valence-electron chi connectivity index (χ0n) is 19.8. The quantitative estimate of drug-likeness (QED) is 0.323. The number of carbonyl (C=O) groups is 1. The van der Waals surface area contributed by atoms with Gasteiger partial charge in [-0.25, -0.2) is 0 Å². The summed E-state index contributed by atoms with van der Waals surface area (Å²) in [6.07, 6.45) is 5.26. The normalized spacial score (nSPS) is 13.9. The lowest BCUT2D eigenvalue weighted by Crippen LogP contribution is -2.41. The van der Waals surface area contributed by atoms with E-state index < -0.39 is 4.92 Å². The Balaban J connectivity index is 1.52. The van der Waals surface area contributed by atoms with Crippen LogP contribution < -0.4 is 9.47 Å². The number of benzene rings is 2. The number of non-ortho nitro benzene ring substituents is 1. The van der Waals surface area contributed by atoms with Gasteiger partial charge < -0.3 is 18.9 Å². The molecule has 0 bridgehead atoms. The molecular weight excluding hydrogens is 452 g/mol. The smallest absolute Gasteiger partial charge is 0.269 e. The molecule has 2 aromatic carbocycles. The topological polar surface area (TPSA) is 121 Å². The van der Waals surface area contributed by atoms with E-state index in [9.17, 15) is 14.9 Å². The second-order valence-electron chi connectivity index (χ2n) is 8.50. The summed E-state index contributed by atoms with van der Waals surface area (Å²) in [6, 6.07) is 11.5. The molecule has 0 N–H and O–H groups in total. The highest BCUT2D eigenvalue weighted by Crippen LogP contribution is 2.31. The van der Waals surface area contributed by atoms with E-state index in [0.717, 1.165) is 37.7 Å². The Morgan fingerprint density at radius 3 is 2.46 bits per heavy atom. The first-order valence-corrected chi connectivity index (χ1v) is 11.6. The first kappa shape index (κ1) is 24.2. The summed E-state index contributed by atoms with van der Waals surface area (Å²) >= 11 is 0. The zero-order valence-corrected chi connectivity index (χ0v) is 19.8. The molecule has 184 valence electrons. The van der Waals surface area contributed by atoms with Crippen molar-refractivity contribution in [3.05, 3.63) is 64.0 Å².